The summed E-state index contributed by atoms with van der Waals surface area (Å²) in [7, 11) is -2.41. The molecular weight excluding hydrogens is 540 g/mol. The van der Waals surface area contributed by atoms with Gasteiger partial charge in [0.05, 0.1) is 12.0 Å². The number of benzene rings is 2. The monoisotopic (exact) mass is 560 g/mol. The van der Waals surface area contributed by atoms with E-state index in [9.17, 15) is 13.2 Å². The number of hydrogen-bond donors (Lipinski definition) is 0. The average molecular weight is 561 g/mol. The minimum absolute atomic E-state index is 0.0752. The van der Waals surface area contributed by atoms with Crippen LogP contribution in [0.5, 0.6) is 11.5 Å². The van der Waals surface area contributed by atoms with Gasteiger partial charge in [0, 0.05) is 17.1 Å². The van der Waals surface area contributed by atoms with E-state index in [4.69, 9.17) is 21.1 Å². The van der Waals surface area contributed by atoms with Crippen molar-refractivity contribution in [1.29, 1.82) is 0 Å². The molecule has 4 rings (SSSR count). The Morgan fingerprint density at radius 1 is 1.14 bits per heavy atom. The van der Waals surface area contributed by atoms with Crippen molar-refractivity contribution in [2.24, 2.45) is 4.40 Å². The highest BCUT2D eigenvalue weighted by atomic mass is 35.5. The van der Waals surface area contributed by atoms with Crippen molar-refractivity contribution >= 4 is 61.9 Å². The van der Waals surface area contributed by atoms with E-state index < -0.39 is 10.0 Å². The molecule has 36 heavy (non-hydrogen) atoms. The molecule has 0 spiro atoms. The molecule has 7 nitrogen and oxygen atoms in total. The second-order valence-corrected chi connectivity index (χ2v) is 11.6. The van der Waals surface area contributed by atoms with Gasteiger partial charge in [-0.2, -0.15) is 8.42 Å². The number of methoxy groups -OCH3 is 1. The van der Waals surface area contributed by atoms with Crippen LogP contribution in [0.1, 0.15) is 11.1 Å². The van der Waals surface area contributed by atoms with Gasteiger partial charge in [-0.15, -0.1) is 22.3 Å². The lowest BCUT2D eigenvalue weighted by Gasteiger charge is -2.12. The van der Waals surface area contributed by atoms with E-state index in [-0.39, 0.29) is 28.4 Å². The first-order chi connectivity index (χ1) is 17.3. The van der Waals surface area contributed by atoms with Crippen LogP contribution in [0.25, 0.3) is 6.08 Å². The van der Waals surface area contributed by atoms with Crippen LogP contribution in [0.4, 0.5) is 0 Å². The normalized spacial score (nSPS) is 16.1. The molecule has 0 aliphatic carbocycles. The van der Waals surface area contributed by atoms with Crippen molar-refractivity contribution in [1.82, 2.24) is 4.90 Å². The first-order valence-corrected chi connectivity index (χ1v) is 14.1. The maximum atomic E-state index is 13.0. The van der Waals surface area contributed by atoms with E-state index in [1.807, 2.05) is 18.2 Å². The number of thioether (sulfide) groups is 1. The smallest absolute Gasteiger partial charge is 0.294 e. The Labute approximate surface area is 222 Å². The van der Waals surface area contributed by atoms with E-state index in [2.05, 4.69) is 11.0 Å². The van der Waals surface area contributed by atoms with E-state index >= 15 is 0 Å². The number of hydrogen-bond acceptors (Lipinski definition) is 7. The summed E-state index contributed by atoms with van der Waals surface area (Å²) in [6, 6.07) is 15.8. The number of ether oxygens (including phenoxy) is 2. The van der Waals surface area contributed by atoms with E-state index in [1.54, 1.807) is 41.8 Å². The first-order valence-electron chi connectivity index (χ1n) is 10.6. The van der Waals surface area contributed by atoms with Crippen molar-refractivity contribution in [3.05, 3.63) is 93.7 Å². The predicted octanol–water partition coefficient (Wildman–Crippen LogP) is 5.84. The Morgan fingerprint density at radius 2 is 1.94 bits per heavy atom. The van der Waals surface area contributed by atoms with Gasteiger partial charge in [0.1, 0.15) is 10.8 Å². The van der Waals surface area contributed by atoms with Crippen molar-refractivity contribution in [3.8, 4) is 11.5 Å². The summed E-state index contributed by atoms with van der Waals surface area (Å²) < 4.78 is 40.7. The number of carbonyl (C=O) groups is 1. The van der Waals surface area contributed by atoms with Crippen molar-refractivity contribution in [2.45, 2.75) is 10.8 Å². The molecule has 0 N–H and O–H groups in total. The Kier molecular flexibility index (Phi) is 8.20. The van der Waals surface area contributed by atoms with Gasteiger partial charge in [0.15, 0.2) is 16.7 Å². The lowest BCUT2D eigenvalue weighted by atomic mass is 10.1. The second-order valence-electron chi connectivity index (χ2n) is 7.39. The molecule has 2 aromatic carbocycles. The van der Waals surface area contributed by atoms with Crippen LogP contribution in [0.3, 0.4) is 0 Å². The molecule has 2 heterocycles. The van der Waals surface area contributed by atoms with Crippen LogP contribution in [0, 0.1) is 0 Å². The zero-order valence-electron chi connectivity index (χ0n) is 19.1. The third-order valence-electron chi connectivity index (χ3n) is 4.97. The molecule has 1 aromatic heterocycles. The number of amides is 1. The van der Waals surface area contributed by atoms with Gasteiger partial charge in [-0.25, -0.2) is 0 Å². The van der Waals surface area contributed by atoms with Gasteiger partial charge < -0.3 is 9.47 Å². The number of halogens is 1. The van der Waals surface area contributed by atoms with Gasteiger partial charge >= 0.3 is 0 Å². The van der Waals surface area contributed by atoms with Gasteiger partial charge in [-0.05, 0) is 53.0 Å². The summed E-state index contributed by atoms with van der Waals surface area (Å²) in [6.45, 7) is 4.05. The van der Waals surface area contributed by atoms with Crippen LogP contribution < -0.4 is 9.47 Å². The average Bonchev–Trinajstić information content (AvgIpc) is 3.50. The minimum Gasteiger partial charge on any atom is -0.493 e. The van der Waals surface area contributed by atoms with Crippen LogP contribution in [-0.4, -0.2) is 38.0 Å². The number of sulfonamides is 1. The molecule has 1 fully saturated rings. The summed E-state index contributed by atoms with van der Waals surface area (Å²) in [5.41, 5.74) is 1.51. The summed E-state index contributed by atoms with van der Waals surface area (Å²) in [6.07, 6.45) is 3.17. The molecule has 1 amide bonds. The van der Waals surface area contributed by atoms with Crippen LogP contribution in [0.2, 0.25) is 5.02 Å². The lowest BCUT2D eigenvalue weighted by molar-refractivity contribution is -0.121. The molecule has 1 aliphatic heterocycles. The lowest BCUT2D eigenvalue weighted by Crippen LogP contribution is -2.29. The standard InChI is InChI=1S/C25H21ClN2O5S3/c1-3-12-28-24(29)22(35-25(28)27-36(30,31)23-9-6-13-34-23)15-17-10-11-20(21(14-17)32-2)33-16-18-7-4-5-8-19(18)26/h3-11,13-15H,1,12,16H2,2H3. The molecular formula is C25H21ClN2O5S3. The quantitative estimate of drug-likeness (QED) is 0.241. The van der Waals surface area contributed by atoms with E-state index in [0.29, 0.717) is 27.0 Å². The van der Waals surface area contributed by atoms with Crippen LogP contribution in [-0.2, 0) is 21.4 Å². The number of amidine groups is 1. The third kappa shape index (κ3) is 5.84. The predicted molar refractivity (Wildman–Crippen MR) is 145 cm³/mol. The highest BCUT2D eigenvalue weighted by Crippen LogP contribution is 2.36. The van der Waals surface area contributed by atoms with Crippen molar-refractivity contribution < 1.29 is 22.7 Å². The molecule has 3 aromatic rings. The number of thiophene rings is 1. The third-order valence-corrected chi connectivity index (χ3v) is 9.10. The highest BCUT2D eigenvalue weighted by Gasteiger charge is 2.34. The fourth-order valence-corrected chi connectivity index (χ4v) is 6.59. The van der Waals surface area contributed by atoms with Gasteiger partial charge in [-0.3, -0.25) is 9.69 Å². The van der Waals surface area contributed by atoms with Crippen LogP contribution in [0.15, 0.2) is 86.1 Å². The molecule has 186 valence electrons. The minimum atomic E-state index is -3.94. The Morgan fingerprint density at radius 3 is 2.64 bits per heavy atom. The van der Waals surface area contributed by atoms with Gasteiger partial charge in [0.2, 0.25) is 0 Å². The summed E-state index contributed by atoms with van der Waals surface area (Å²) in [5.74, 6) is 0.629. The van der Waals surface area contributed by atoms with E-state index in [0.717, 1.165) is 28.7 Å². The Bertz CT molecular complexity index is 1450. The molecule has 1 saturated heterocycles. The number of nitrogens with zero attached hydrogens (tertiary/aromatic N) is 2. The Hall–Kier alpha value is -3.05. The summed E-state index contributed by atoms with van der Waals surface area (Å²) in [4.78, 5) is 14.7. The molecule has 0 radical (unpaired) electrons. The first kappa shape index (κ1) is 26.0. The SMILES string of the molecule is C=CCN1C(=O)C(=Cc2ccc(OCc3ccccc3Cl)c(OC)c2)SC1=NS(=O)(=O)c1cccs1. The van der Waals surface area contributed by atoms with Gasteiger partial charge in [0.25, 0.3) is 15.9 Å². The number of rotatable bonds is 9. The van der Waals surface area contributed by atoms with Crippen molar-refractivity contribution in [2.75, 3.05) is 13.7 Å². The molecule has 0 saturated carbocycles. The highest BCUT2D eigenvalue weighted by molar-refractivity contribution is 8.19. The number of carbonyl (C=O) groups excluding carboxylic acids is 1. The molecule has 0 atom stereocenters. The zero-order valence-corrected chi connectivity index (χ0v) is 22.3. The second kappa shape index (κ2) is 11.3. The maximum absolute atomic E-state index is 13.0. The van der Waals surface area contributed by atoms with Crippen LogP contribution >= 0.6 is 34.7 Å². The Balaban J connectivity index is 1.59. The van der Waals surface area contributed by atoms with Crippen molar-refractivity contribution in [3.63, 3.8) is 0 Å². The van der Waals surface area contributed by atoms with E-state index in [1.165, 1.54) is 24.2 Å². The fourth-order valence-electron chi connectivity index (χ4n) is 3.24. The molecule has 1 aliphatic rings. The fraction of sp³-hybridized carbons (Fsp3) is 0.120. The topological polar surface area (TPSA) is 85.3 Å². The molecule has 0 unspecified atom stereocenters. The van der Waals surface area contributed by atoms with Gasteiger partial charge in [-0.1, -0.05) is 48.0 Å². The maximum Gasteiger partial charge on any atom is 0.294 e. The largest absolute Gasteiger partial charge is 0.493 e. The summed E-state index contributed by atoms with van der Waals surface area (Å²) in [5, 5.41) is 2.34. The zero-order chi connectivity index (χ0) is 25.7. The molecule has 0 bridgehead atoms. The summed E-state index contributed by atoms with van der Waals surface area (Å²) >= 11 is 8.26. The molecule has 11 heteroatoms.